The lowest BCUT2D eigenvalue weighted by Gasteiger charge is -2.13. The van der Waals surface area contributed by atoms with Gasteiger partial charge < -0.3 is 5.32 Å². The maximum atomic E-state index is 12.2. The minimum absolute atomic E-state index is 0.0674. The van der Waals surface area contributed by atoms with Crippen molar-refractivity contribution in [1.29, 1.82) is 0 Å². The highest BCUT2D eigenvalue weighted by Gasteiger charge is 2.19. The van der Waals surface area contributed by atoms with Gasteiger partial charge in [-0.3, -0.25) is 4.79 Å². The van der Waals surface area contributed by atoms with E-state index in [2.05, 4.69) is 21.2 Å². The summed E-state index contributed by atoms with van der Waals surface area (Å²) >= 11 is 10.8. The van der Waals surface area contributed by atoms with Crippen molar-refractivity contribution >= 4 is 60.9 Å². The van der Waals surface area contributed by atoms with Crippen molar-refractivity contribution in [1.82, 2.24) is 4.31 Å². The zero-order valence-corrected chi connectivity index (χ0v) is 17.5. The van der Waals surface area contributed by atoms with E-state index in [9.17, 15) is 13.2 Å². The SMILES string of the molecule is CN(C)S(=O)(=O)c1ccc(Cl)c(NC(=O)CSc2ccc(Br)cc2)c1. The summed E-state index contributed by atoms with van der Waals surface area (Å²) in [6.45, 7) is 0. The van der Waals surface area contributed by atoms with Crippen molar-refractivity contribution in [3.63, 3.8) is 0 Å². The number of hydrogen-bond acceptors (Lipinski definition) is 4. The van der Waals surface area contributed by atoms with E-state index in [1.54, 1.807) is 0 Å². The molecule has 0 fully saturated rings. The number of anilines is 1. The molecule has 134 valence electrons. The normalized spacial score (nSPS) is 11.6. The fourth-order valence-corrected chi connectivity index (χ4v) is 3.89. The molecular weight excluding hydrogens is 448 g/mol. The van der Waals surface area contributed by atoms with E-state index >= 15 is 0 Å². The molecule has 0 unspecified atom stereocenters. The lowest BCUT2D eigenvalue weighted by atomic mass is 10.3. The smallest absolute Gasteiger partial charge is 0.242 e. The molecule has 0 aliphatic rings. The summed E-state index contributed by atoms with van der Waals surface area (Å²) < 4.78 is 26.4. The highest BCUT2D eigenvalue weighted by molar-refractivity contribution is 9.10. The average molecular weight is 464 g/mol. The Kier molecular flexibility index (Phi) is 6.93. The number of carbonyl (C=O) groups excluding carboxylic acids is 1. The Morgan fingerprint density at radius 1 is 1.20 bits per heavy atom. The molecule has 0 bridgehead atoms. The van der Waals surface area contributed by atoms with Crippen molar-refractivity contribution in [3.05, 3.63) is 52.0 Å². The maximum Gasteiger partial charge on any atom is 0.242 e. The summed E-state index contributed by atoms with van der Waals surface area (Å²) in [5.74, 6) is -0.0861. The lowest BCUT2D eigenvalue weighted by Crippen LogP contribution is -2.22. The van der Waals surface area contributed by atoms with Gasteiger partial charge in [-0.15, -0.1) is 11.8 Å². The molecule has 0 spiro atoms. The first-order chi connectivity index (χ1) is 11.7. The van der Waals surface area contributed by atoms with Gasteiger partial charge in [-0.05, 0) is 42.5 Å². The second-order valence-electron chi connectivity index (χ2n) is 5.22. The molecular formula is C16H16BrClN2O3S2. The third-order valence-electron chi connectivity index (χ3n) is 3.17. The second-order valence-corrected chi connectivity index (χ2v) is 9.74. The molecule has 1 amide bonds. The molecule has 2 aromatic carbocycles. The predicted molar refractivity (Wildman–Crippen MR) is 106 cm³/mol. The molecule has 0 aliphatic heterocycles. The van der Waals surface area contributed by atoms with Gasteiger partial charge in [-0.1, -0.05) is 27.5 Å². The van der Waals surface area contributed by atoms with Crippen molar-refractivity contribution < 1.29 is 13.2 Å². The van der Waals surface area contributed by atoms with Crippen molar-refractivity contribution in [3.8, 4) is 0 Å². The number of nitrogens with zero attached hydrogens (tertiary/aromatic N) is 1. The number of halogens is 2. The van der Waals surface area contributed by atoms with Gasteiger partial charge in [0, 0.05) is 23.5 Å². The monoisotopic (exact) mass is 462 g/mol. The number of nitrogens with one attached hydrogen (secondary N) is 1. The van der Waals surface area contributed by atoms with Gasteiger partial charge in [-0.2, -0.15) is 0 Å². The number of amides is 1. The zero-order valence-electron chi connectivity index (χ0n) is 13.5. The molecule has 25 heavy (non-hydrogen) atoms. The average Bonchev–Trinajstić information content (AvgIpc) is 2.56. The maximum absolute atomic E-state index is 12.2. The molecule has 2 aromatic rings. The fourth-order valence-electron chi connectivity index (χ4n) is 1.84. The number of sulfonamides is 1. The van der Waals surface area contributed by atoms with E-state index in [4.69, 9.17) is 11.6 Å². The Balaban J connectivity index is 2.08. The Morgan fingerprint density at radius 3 is 2.44 bits per heavy atom. The van der Waals surface area contributed by atoms with Crippen LogP contribution in [0, 0.1) is 0 Å². The predicted octanol–water partition coefficient (Wildman–Crippen LogP) is 4.08. The van der Waals surface area contributed by atoms with Crippen LogP contribution < -0.4 is 5.32 Å². The standard InChI is InChI=1S/C16H16BrClN2O3S2/c1-20(2)25(22,23)13-7-8-14(18)15(9-13)19-16(21)10-24-12-5-3-11(17)4-6-12/h3-9H,10H2,1-2H3,(H,19,21). The first-order valence-electron chi connectivity index (χ1n) is 7.10. The number of hydrogen-bond donors (Lipinski definition) is 1. The minimum Gasteiger partial charge on any atom is -0.324 e. The molecule has 0 saturated carbocycles. The summed E-state index contributed by atoms with van der Waals surface area (Å²) in [4.78, 5) is 13.2. The molecule has 0 atom stereocenters. The Morgan fingerprint density at radius 2 is 1.84 bits per heavy atom. The summed E-state index contributed by atoms with van der Waals surface area (Å²) in [6, 6.07) is 11.8. The van der Waals surface area contributed by atoms with Crippen LogP contribution in [0.25, 0.3) is 0 Å². The highest BCUT2D eigenvalue weighted by Crippen LogP contribution is 2.27. The number of thioether (sulfide) groups is 1. The highest BCUT2D eigenvalue weighted by atomic mass is 79.9. The fraction of sp³-hybridized carbons (Fsp3) is 0.188. The van der Waals surface area contributed by atoms with E-state index in [1.165, 1.54) is 44.1 Å². The number of carbonyl (C=O) groups is 1. The van der Waals surface area contributed by atoms with Crippen molar-refractivity contribution in [2.24, 2.45) is 0 Å². The van der Waals surface area contributed by atoms with Crippen LogP contribution in [-0.2, 0) is 14.8 Å². The molecule has 0 saturated heterocycles. The zero-order chi connectivity index (χ0) is 18.6. The molecule has 0 radical (unpaired) electrons. The third-order valence-corrected chi connectivity index (χ3v) is 6.86. The largest absolute Gasteiger partial charge is 0.324 e. The van der Waals surface area contributed by atoms with E-state index in [1.807, 2.05) is 24.3 Å². The lowest BCUT2D eigenvalue weighted by molar-refractivity contribution is -0.113. The van der Waals surface area contributed by atoms with Crippen LogP contribution in [0.2, 0.25) is 5.02 Å². The molecule has 2 rings (SSSR count). The third kappa shape index (κ3) is 5.46. The second kappa shape index (κ2) is 8.55. The van der Waals surface area contributed by atoms with Crippen LogP contribution in [0.4, 0.5) is 5.69 Å². The van der Waals surface area contributed by atoms with Crippen LogP contribution >= 0.6 is 39.3 Å². The first kappa shape index (κ1) is 20.3. The molecule has 0 heterocycles. The van der Waals surface area contributed by atoms with Crippen LogP contribution in [0.15, 0.2) is 56.7 Å². The van der Waals surface area contributed by atoms with Gasteiger partial charge in [0.05, 0.1) is 21.4 Å². The minimum atomic E-state index is -3.60. The number of rotatable bonds is 6. The molecule has 1 N–H and O–H groups in total. The Labute approximate surface area is 164 Å². The summed E-state index contributed by atoms with van der Waals surface area (Å²) in [7, 11) is -0.715. The van der Waals surface area contributed by atoms with Crippen molar-refractivity contribution in [2.45, 2.75) is 9.79 Å². The van der Waals surface area contributed by atoms with Crippen LogP contribution in [0.5, 0.6) is 0 Å². The van der Waals surface area contributed by atoms with Crippen LogP contribution in [0.1, 0.15) is 0 Å². The van der Waals surface area contributed by atoms with E-state index < -0.39 is 10.0 Å². The quantitative estimate of drug-likeness (QED) is 0.656. The van der Waals surface area contributed by atoms with Gasteiger partial charge in [0.15, 0.2) is 0 Å². The van der Waals surface area contributed by atoms with Crippen LogP contribution in [-0.4, -0.2) is 38.5 Å². The van der Waals surface area contributed by atoms with Gasteiger partial charge in [-0.25, -0.2) is 12.7 Å². The summed E-state index contributed by atoms with van der Waals surface area (Å²) in [6.07, 6.45) is 0. The van der Waals surface area contributed by atoms with Gasteiger partial charge in [0.1, 0.15) is 0 Å². The summed E-state index contributed by atoms with van der Waals surface area (Å²) in [5.41, 5.74) is 0.269. The first-order valence-corrected chi connectivity index (χ1v) is 10.7. The van der Waals surface area contributed by atoms with Crippen LogP contribution in [0.3, 0.4) is 0 Å². The van der Waals surface area contributed by atoms with E-state index in [-0.39, 0.29) is 27.3 Å². The molecule has 9 heteroatoms. The van der Waals surface area contributed by atoms with Gasteiger partial charge in [0.25, 0.3) is 0 Å². The van der Waals surface area contributed by atoms with Gasteiger partial charge in [0.2, 0.25) is 15.9 Å². The Hall–Kier alpha value is -1.06. The Bertz CT molecular complexity index is 871. The molecule has 0 aliphatic carbocycles. The topological polar surface area (TPSA) is 66.5 Å². The summed E-state index contributed by atoms with van der Waals surface area (Å²) in [5, 5.41) is 2.94. The molecule has 5 nitrogen and oxygen atoms in total. The van der Waals surface area contributed by atoms with Gasteiger partial charge >= 0.3 is 0 Å². The van der Waals surface area contributed by atoms with E-state index in [0.29, 0.717) is 0 Å². The van der Waals surface area contributed by atoms with Crippen molar-refractivity contribution in [2.75, 3.05) is 25.2 Å². The molecule has 0 aromatic heterocycles. The van der Waals surface area contributed by atoms with E-state index in [0.717, 1.165) is 13.7 Å². The number of benzene rings is 2.